The van der Waals surface area contributed by atoms with Gasteiger partial charge in [0, 0.05) is 12.6 Å². The van der Waals surface area contributed by atoms with Crippen LogP contribution in [0.15, 0.2) is 18.2 Å². The summed E-state index contributed by atoms with van der Waals surface area (Å²) in [5, 5.41) is 3.02. The molecule has 1 N–H and O–H groups in total. The molecule has 0 aliphatic carbocycles. The minimum atomic E-state index is -0.0877. The van der Waals surface area contributed by atoms with Crippen LogP contribution in [0.2, 0.25) is 0 Å². The Labute approximate surface area is 131 Å². The molecule has 0 saturated carbocycles. The Morgan fingerprint density at radius 3 is 3.10 bits per heavy atom. The number of ether oxygens (including phenoxy) is 2. The van der Waals surface area contributed by atoms with Crippen LogP contribution in [0.3, 0.4) is 0 Å². The molecule has 1 unspecified atom stereocenters. The van der Waals surface area contributed by atoms with Gasteiger partial charge >= 0.3 is 0 Å². The summed E-state index contributed by atoms with van der Waals surface area (Å²) in [7, 11) is 0. The van der Waals surface area contributed by atoms with E-state index in [4.69, 9.17) is 9.47 Å². The normalized spacial score (nSPS) is 20.1. The number of carbonyl (C=O) groups is 1. The van der Waals surface area contributed by atoms with Crippen LogP contribution in [0.4, 0.5) is 0 Å². The van der Waals surface area contributed by atoms with E-state index in [1.54, 1.807) is 6.07 Å². The molecule has 1 amide bonds. The van der Waals surface area contributed by atoms with Crippen LogP contribution in [0.1, 0.15) is 30.1 Å². The summed E-state index contributed by atoms with van der Waals surface area (Å²) < 4.78 is 10.7. The van der Waals surface area contributed by atoms with Gasteiger partial charge < -0.3 is 14.8 Å². The summed E-state index contributed by atoms with van der Waals surface area (Å²) in [5.74, 6) is 1.12. The van der Waals surface area contributed by atoms with E-state index >= 15 is 0 Å². The number of hydrogen-bond donors (Lipinski definition) is 1. The maximum absolute atomic E-state index is 12.3. The highest BCUT2D eigenvalue weighted by atomic mass is 35.5. The summed E-state index contributed by atoms with van der Waals surface area (Å²) in [6.07, 6.45) is 2.37. The number of nitrogens with zero attached hydrogens (tertiary/aromatic N) is 1. The molecular formula is C15H21ClN2O3. The van der Waals surface area contributed by atoms with E-state index in [1.165, 1.54) is 6.42 Å². The largest absolute Gasteiger partial charge is 0.454 e. The fraction of sp³-hybridized carbons (Fsp3) is 0.533. The van der Waals surface area contributed by atoms with Crippen molar-refractivity contribution >= 4 is 18.3 Å². The predicted molar refractivity (Wildman–Crippen MR) is 82.4 cm³/mol. The predicted octanol–water partition coefficient (Wildman–Crippen LogP) is 2.05. The molecule has 2 aliphatic heterocycles. The molecule has 1 atom stereocenters. The van der Waals surface area contributed by atoms with Crippen molar-refractivity contribution < 1.29 is 14.3 Å². The van der Waals surface area contributed by atoms with Gasteiger partial charge in [0.15, 0.2) is 11.5 Å². The summed E-state index contributed by atoms with van der Waals surface area (Å²) in [6.45, 7) is 5.21. The van der Waals surface area contributed by atoms with Crippen molar-refractivity contribution in [3.63, 3.8) is 0 Å². The van der Waals surface area contributed by atoms with Crippen molar-refractivity contribution in [2.45, 2.75) is 25.8 Å². The first kappa shape index (κ1) is 15.9. The van der Waals surface area contributed by atoms with Crippen LogP contribution in [0, 0.1) is 0 Å². The second-order valence-corrected chi connectivity index (χ2v) is 5.17. The lowest BCUT2D eigenvalue weighted by Crippen LogP contribution is -2.40. The molecule has 3 rings (SSSR count). The third-order valence-corrected chi connectivity index (χ3v) is 4.04. The van der Waals surface area contributed by atoms with Crippen LogP contribution in [0.5, 0.6) is 11.5 Å². The van der Waals surface area contributed by atoms with E-state index in [2.05, 4.69) is 17.1 Å². The van der Waals surface area contributed by atoms with Crippen LogP contribution in [-0.2, 0) is 0 Å². The number of halogens is 1. The first-order chi connectivity index (χ1) is 9.79. The molecule has 6 heteroatoms. The van der Waals surface area contributed by atoms with Gasteiger partial charge in [-0.3, -0.25) is 9.69 Å². The number of benzene rings is 1. The molecule has 116 valence electrons. The van der Waals surface area contributed by atoms with Crippen molar-refractivity contribution in [2.24, 2.45) is 0 Å². The van der Waals surface area contributed by atoms with Crippen LogP contribution in [0.25, 0.3) is 0 Å². The fourth-order valence-corrected chi connectivity index (χ4v) is 2.96. The first-order valence-electron chi connectivity index (χ1n) is 7.20. The lowest BCUT2D eigenvalue weighted by atomic mass is 10.1. The summed E-state index contributed by atoms with van der Waals surface area (Å²) in [4.78, 5) is 14.7. The zero-order valence-electron chi connectivity index (χ0n) is 12.1. The van der Waals surface area contributed by atoms with Crippen LogP contribution in [-0.4, -0.2) is 43.3 Å². The Bertz CT molecular complexity index is 510. The molecule has 1 aromatic carbocycles. The minimum absolute atomic E-state index is 0. The van der Waals surface area contributed by atoms with Crippen LogP contribution < -0.4 is 14.8 Å². The molecule has 21 heavy (non-hydrogen) atoms. The van der Waals surface area contributed by atoms with Crippen molar-refractivity contribution in [1.82, 2.24) is 10.2 Å². The lowest BCUT2D eigenvalue weighted by molar-refractivity contribution is 0.0936. The maximum Gasteiger partial charge on any atom is 0.255 e. The van der Waals surface area contributed by atoms with Gasteiger partial charge in [0.1, 0.15) is 0 Å². The van der Waals surface area contributed by atoms with E-state index in [-0.39, 0.29) is 25.1 Å². The quantitative estimate of drug-likeness (QED) is 0.924. The SMILES string of the molecule is CCN1CCCC1CNC(=O)c1cccc2c1OCO2.Cl. The van der Waals surface area contributed by atoms with Gasteiger partial charge in [-0.15, -0.1) is 12.4 Å². The van der Waals surface area contributed by atoms with Gasteiger partial charge in [-0.2, -0.15) is 0 Å². The first-order valence-corrected chi connectivity index (χ1v) is 7.20. The van der Waals surface area contributed by atoms with Crippen molar-refractivity contribution in [1.29, 1.82) is 0 Å². The Morgan fingerprint density at radius 1 is 1.43 bits per heavy atom. The molecule has 1 saturated heterocycles. The third kappa shape index (κ3) is 3.24. The number of nitrogens with one attached hydrogen (secondary N) is 1. The van der Waals surface area contributed by atoms with Gasteiger partial charge in [-0.05, 0) is 38.1 Å². The van der Waals surface area contributed by atoms with Crippen molar-refractivity contribution in [3.8, 4) is 11.5 Å². The van der Waals surface area contributed by atoms with Gasteiger partial charge in [0.05, 0.1) is 5.56 Å². The summed E-state index contributed by atoms with van der Waals surface area (Å²) in [6, 6.07) is 5.86. The zero-order chi connectivity index (χ0) is 13.9. The number of hydrogen-bond acceptors (Lipinski definition) is 4. The second kappa shape index (κ2) is 7.00. The second-order valence-electron chi connectivity index (χ2n) is 5.17. The van der Waals surface area contributed by atoms with Gasteiger partial charge in [-0.25, -0.2) is 0 Å². The molecular weight excluding hydrogens is 292 g/mol. The van der Waals surface area contributed by atoms with Gasteiger partial charge in [0.2, 0.25) is 6.79 Å². The molecule has 2 aliphatic rings. The Hall–Kier alpha value is -1.46. The molecule has 2 heterocycles. The molecule has 0 aromatic heterocycles. The molecule has 1 aromatic rings. The van der Waals surface area contributed by atoms with E-state index in [0.717, 1.165) is 19.5 Å². The maximum atomic E-state index is 12.3. The number of para-hydroxylation sites is 1. The summed E-state index contributed by atoms with van der Waals surface area (Å²) in [5.41, 5.74) is 0.557. The van der Waals surface area contributed by atoms with Crippen molar-refractivity contribution in [3.05, 3.63) is 23.8 Å². The average molecular weight is 313 g/mol. The molecule has 0 spiro atoms. The summed E-state index contributed by atoms with van der Waals surface area (Å²) >= 11 is 0. The Kier molecular flexibility index (Phi) is 5.31. The minimum Gasteiger partial charge on any atom is -0.454 e. The Balaban J connectivity index is 0.00000161. The van der Waals surface area contributed by atoms with Gasteiger partial charge in [0.25, 0.3) is 5.91 Å². The lowest BCUT2D eigenvalue weighted by Gasteiger charge is -2.22. The standard InChI is InChI=1S/C15H20N2O3.ClH/c1-2-17-8-4-5-11(17)9-16-15(18)12-6-3-7-13-14(12)20-10-19-13;/h3,6-7,11H,2,4-5,8-10H2,1H3,(H,16,18);1H. The Morgan fingerprint density at radius 2 is 2.29 bits per heavy atom. The number of rotatable bonds is 4. The molecule has 0 radical (unpaired) electrons. The van der Waals surface area contributed by atoms with E-state index in [0.29, 0.717) is 29.6 Å². The fourth-order valence-electron chi connectivity index (χ4n) is 2.96. The van der Waals surface area contributed by atoms with E-state index in [9.17, 15) is 4.79 Å². The third-order valence-electron chi connectivity index (χ3n) is 4.04. The highest BCUT2D eigenvalue weighted by Gasteiger charge is 2.25. The average Bonchev–Trinajstić information content (AvgIpc) is 3.12. The van der Waals surface area contributed by atoms with Gasteiger partial charge in [-0.1, -0.05) is 13.0 Å². The molecule has 5 nitrogen and oxygen atoms in total. The number of likely N-dealkylation sites (tertiary alicyclic amines) is 1. The van der Waals surface area contributed by atoms with Crippen LogP contribution >= 0.6 is 12.4 Å². The van der Waals surface area contributed by atoms with Crippen molar-refractivity contribution in [2.75, 3.05) is 26.4 Å². The highest BCUT2D eigenvalue weighted by molar-refractivity contribution is 5.97. The number of fused-ring (bicyclic) bond motifs is 1. The number of carbonyl (C=O) groups excluding carboxylic acids is 1. The molecule has 0 bridgehead atoms. The number of likely N-dealkylation sites (N-methyl/N-ethyl adjacent to an activating group) is 1. The topological polar surface area (TPSA) is 50.8 Å². The monoisotopic (exact) mass is 312 g/mol. The van der Waals surface area contributed by atoms with E-state index in [1.807, 2.05) is 12.1 Å². The smallest absolute Gasteiger partial charge is 0.255 e. The highest BCUT2D eigenvalue weighted by Crippen LogP contribution is 2.35. The number of amides is 1. The molecule has 1 fully saturated rings. The van der Waals surface area contributed by atoms with E-state index < -0.39 is 0 Å². The zero-order valence-corrected chi connectivity index (χ0v) is 12.9.